The van der Waals surface area contributed by atoms with Crippen molar-refractivity contribution < 1.29 is 9.53 Å². The molecule has 18 heavy (non-hydrogen) atoms. The van der Waals surface area contributed by atoms with E-state index in [1.54, 1.807) is 0 Å². The van der Waals surface area contributed by atoms with Crippen molar-refractivity contribution in [3.05, 3.63) is 0 Å². The molecule has 0 spiro atoms. The number of carbonyl (C=O) groups excluding carboxylic acids is 1. The van der Waals surface area contributed by atoms with Crippen LogP contribution in [0.4, 0.5) is 4.79 Å². The summed E-state index contributed by atoms with van der Waals surface area (Å²) in [5, 5.41) is 0. The highest BCUT2D eigenvalue weighted by atomic mass is 16.6. The van der Waals surface area contributed by atoms with E-state index in [4.69, 9.17) is 10.5 Å². The predicted octanol–water partition coefficient (Wildman–Crippen LogP) is 2.51. The summed E-state index contributed by atoms with van der Waals surface area (Å²) in [7, 11) is 0. The molecule has 4 nitrogen and oxygen atoms in total. The molecule has 0 aromatic heterocycles. The van der Waals surface area contributed by atoms with E-state index in [1.807, 2.05) is 25.7 Å². The number of likely N-dealkylation sites (tertiary alicyclic amines) is 1. The van der Waals surface area contributed by atoms with Crippen molar-refractivity contribution in [3.8, 4) is 0 Å². The average molecular weight is 254 g/mol. The lowest BCUT2D eigenvalue weighted by Crippen LogP contribution is -2.54. The molecule has 2 aliphatic rings. The molecule has 2 N–H and O–H groups in total. The molecule has 0 radical (unpaired) electrons. The largest absolute Gasteiger partial charge is 0.444 e. The zero-order valence-corrected chi connectivity index (χ0v) is 11.9. The number of carbonyl (C=O) groups is 1. The lowest BCUT2D eigenvalue weighted by Gasteiger charge is -2.48. The molecule has 1 amide bonds. The van der Waals surface area contributed by atoms with Gasteiger partial charge >= 0.3 is 6.09 Å². The fourth-order valence-electron chi connectivity index (χ4n) is 3.25. The van der Waals surface area contributed by atoms with Crippen molar-refractivity contribution in [2.45, 2.75) is 64.5 Å². The topological polar surface area (TPSA) is 55.6 Å². The van der Waals surface area contributed by atoms with Gasteiger partial charge in [-0.2, -0.15) is 0 Å². The lowest BCUT2D eigenvalue weighted by molar-refractivity contribution is -0.0110. The second-order valence-electron chi connectivity index (χ2n) is 6.75. The first-order valence-corrected chi connectivity index (χ1v) is 7.08. The van der Waals surface area contributed by atoms with Gasteiger partial charge in [-0.3, -0.25) is 0 Å². The highest BCUT2D eigenvalue weighted by Gasteiger charge is 2.49. The lowest BCUT2D eigenvalue weighted by atomic mass is 9.63. The van der Waals surface area contributed by atoms with Crippen LogP contribution in [0.2, 0.25) is 0 Å². The molecule has 0 bridgehead atoms. The van der Waals surface area contributed by atoms with Gasteiger partial charge in [0.25, 0.3) is 0 Å². The summed E-state index contributed by atoms with van der Waals surface area (Å²) in [6.45, 7) is 7.26. The van der Waals surface area contributed by atoms with Crippen LogP contribution in [0.1, 0.15) is 52.9 Å². The fourth-order valence-corrected chi connectivity index (χ4v) is 3.25. The molecule has 1 aliphatic heterocycles. The van der Waals surface area contributed by atoms with Gasteiger partial charge in [0.1, 0.15) is 5.60 Å². The van der Waals surface area contributed by atoms with Crippen molar-refractivity contribution in [2.24, 2.45) is 11.1 Å². The average Bonchev–Trinajstić information content (AvgIpc) is 2.63. The minimum absolute atomic E-state index is 0.162. The minimum Gasteiger partial charge on any atom is -0.444 e. The number of hydrogen-bond donors (Lipinski definition) is 1. The van der Waals surface area contributed by atoms with E-state index in [2.05, 4.69) is 0 Å². The Kier molecular flexibility index (Phi) is 3.58. The SMILES string of the molecule is CC(C)(C)OC(=O)N1CCCC1C1(CN)CCC1. The first-order valence-electron chi connectivity index (χ1n) is 7.08. The maximum Gasteiger partial charge on any atom is 0.410 e. The third-order valence-electron chi connectivity index (χ3n) is 4.34. The Hall–Kier alpha value is -0.770. The van der Waals surface area contributed by atoms with Crippen LogP contribution in [-0.4, -0.2) is 35.7 Å². The van der Waals surface area contributed by atoms with Crippen molar-refractivity contribution in [1.29, 1.82) is 0 Å². The quantitative estimate of drug-likeness (QED) is 0.823. The molecule has 2 rings (SSSR count). The van der Waals surface area contributed by atoms with Crippen LogP contribution in [0.15, 0.2) is 0 Å². The van der Waals surface area contributed by atoms with Crippen molar-refractivity contribution >= 4 is 6.09 Å². The Bertz CT molecular complexity index is 313. The van der Waals surface area contributed by atoms with E-state index in [1.165, 1.54) is 6.42 Å². The van der Waals surface area contributed by atoms with Crippen molar-refractivity contribution in [2.75, 3.05) is 13.1 Å². The van der Waals surface area contributed by atoms with Crippen molar-refractivity contribution in [3.63, 3.8) is 0 Å². The fraction of sp³-hybridized carbons (Fsp3) is 0.929. The van der Waals surface area contributed by atoms with Gasteiger partial charge in [-0.25, -0.2) is 4.79 Å². The summed E-state index contributed by atoms with van der Waals surface area (Å²) in [6.07, 6.45) is 5.56. The number of rotatable bonds is 2. The molecular formula is C14H26N2O2. The molecule has 1 unspecified atom stereocenters. The second-order valence-corrected chi connectivity index (χ2v) is 6.75. The van der Waals surface area contributed by atoms with E-state index in [0.717, 1.165) is 32.2 Å². The van der Waals surface area contributed by atoms with Gasteiger partial charge in [-0.05, 0) is 53.0 Å². The normalized spacial score (nSPS) is 26.9. The predicted molar refractivity (Wildman–Crippen MR) is 71.3 cm³/mol. The summed E-state index contributed by atoms with van der Waals surface area (Å²) in [4.78, 5) is 14.2. The van der Waals surface area contributed by atoms with Gasteiger partial charge in [-0.15, -0.1) is 0 Å². The molecule has 1 saturated carbocycles. The van der Waals surface area contributed by atoms with Gasteiger partial charge in [0.05, 0.1) is 0 Å². The Morgan fingerprint density at radius 1 is 1.39 bits per heavy atom. The highest BCUT2D eigenvalue weighted by molar-refractivity contribution is 5.69. The van der Waals surface area contributed by atoms with Crippen LogP contribution < -0.4 is 5.73 Å². The zero-order valence-electron chi connectivity index (χ0n) is 11.9. The molecule has 0 aromatic rings. The van der Waals surface area contributed by atoms with Gasteiger partial charge < -0.3 is 15.4 Å². The Morgan fingerprint density at radius 3 is 2.50 bits per heavy atom. The van der Waals surface area contributed by atoms with Gasteiger partial charge in [0.15, 0.2) is 0 Å². The Balaban J connectivity index is 2.05. The molecule has 2 fully saturated rings. The number of ether oxygens (including phenoxy) is 1. The standard InChI is InChI=1S/C14H26N2O2/c1-13(2,3)18-12(17)16-9-4-6-11(16)14(10-15)7-5-8-14/h11H,4-10,15H2,1-3H3. The zero-order chi connectivity index (χ0) is 13.4. The van der Waals surface area contributed by atoms with Gasteiger partial charge in [-0.1, -0.05) is 6.42 Å². The van der Waals surface area contributed by atoms with E-state index in [9.17, 15) is 4.79 Å². The third kappa shape index (κ3) is 2.48. The summed E-state index contributed by atoms with van der Waals surface area (Å²) in [5.41, 5.74) is 5.72. The van der Waals surface area contributed by atoms with Crippen LogP contribution in [0.3, 0.4) is 0 Å². The monoisotopic (exact) mass is 254 g/mol. The second kappa shape index (κ2) is 4.72. The van der Waals surface area contributed by atoms with Gasteiger partial charge in [0, 0.05) is 18.0 Å². The number of nitrogens with zero attached hydrogens (tertiary/aromatic N) is 1. The summed E-state index contributed by atoms with van der Waals surface area (Å²) in [5.74, 6) is 0. The van der Waals surface area contributed by atoms with Crippen LogP contribution in [-0.2, 0) is 4.74 Å². The van der Waals surface area contributed by atoms with Crippen molar-refractivity contribution in [1.82, 2.24) is 4.90 Å². The Labute approximate surface area is 110 Å². The summed E-state index contributed by atoms with van der Waals surface area (Å²) in [6, 6.07) is 0.297. The molecular weight excluding hydrogens is 228 g/mol. The molecule has 1 aliphatic carbocycles. The summed E-state index contributed by atoms with van der Waals surface area (Å²) < 4.78 is 5.51. The van der Waals surface area contributed by atoms with Crippen LogP contribution in [0.5, 0.6) is 0 Å². The third-order valence-corrected chi connectivity index (χ3v) is 4.34. The molecule has 4 heteroatoms. The molecule has 1 saturated heterocycles. The van der Waals surface area contributed by atoms with E-state index in [-0.39, 0.29) is 11.5 Å². The first-order chi connectivity index (χ1) is 8.38. The summed E-state index contributed by atoms with van der Waals surface area (Å²) >= 11 is 0. The van der Waals surface area contributed by atoms with Crippen LogP contribution in [0.25, 0.3) is 0 Å². The molecule has 1 heterocycles. The number of amides is 1. The molecule has 0 aromatic carbocycles. The first kappa shape index (κ1) is 13.7. The Morgan fingerprint density at radius 2 is 2.06 bits per heavy atom. The highest BCUT2D eigenvalue weighted by Crippen LogP contribution is 2.48. The van der Waals surface area contributed by atoms with E-state index < -0.39 is 5.60 Å². The minimum atomic E-state index is -0.417. The van der Waals surface area contributed by atoms with Crippen LogP contribution in [0, 0.1) is 5.41 Å². The molecule has 1 atom stereocenters. The van der Waals surface area contributed by atoms with Crippen LogP contribution >= 0.6 is 0 Å². The van der Waals surface area contributed by atoms with E-state index in [0.29, 0.717) is 12.6 Å². The van der Waals surface area contributed by atoms with E-state index >= 15 is 0 Å². The molecule has 104 valence electrons. The maximum atomic E-state index is 12.2. The number of nitrogens with two attached hydrogens (primary N) is 1. The number of hydrogen-bond acceptors (Lipinski definition) is 3. The van der Waals surface area contributed by atoms with Gasteiger partial charge in [0.2, 0.25) is 0 Å². The smallest absolute Gasteiger partial charge is 0.410 e. The maximum absolute atomic E-state index is 12.2.